The molecule has 0 aromatic heterocycles. The van der Waals surface area contributed by atoms with E-state index in [-0.39, 0.29) is 23.6 Å². The van der Waals surface area contributed by atoms with Crippen LogP contribution in [0.5, 0.6) is 0 Å². The normalized spacial score (nSPS) is 25.6. The standard InChI is InChI=1S/C27H28N2O4/c1-16-9-11-18(12-10-16)25(30)24-23-22(26(31)28(27(23)32)13-6-14-33-3)21-15-17(2)19-7-4-5-8-20(19)29(21)24/h4-5,7-12,15,21-24H,6,13-14H2,1-3H3/t21-,22-,23-,24+/m1/s1. The van der Waals surface area contributed by atoms with Gasteiger partial charge in [-0.2, -0.15) is 0 Å². The number of nitrogens with zero attached hydrogens (tertiary/aromatic N) is 2. The number of methoxy groups -OCH3 is 1. The van der Waals surface area contributed by atoms with Crippen molar-refractivity contribution in [1.82, 2.24) is 4.90 Å². The zero-order valence-corrected chi connectivity index (χ0v) is 19.2. The van der Waals surface area contributed by atoms with Crippen molar-refractivity contribution in [3.05, 3.63) is 71.3 Å². The molecule has 0 N–H and O–H groups in total. The SMILES string of the molecule is COCCCN1C(=O)[C@@H]2[C@H](C1=O)[C@H]1C=C(C)c3ccccc3N1[C@@H]2C(=O)c1ccc(C)cc1. The van der Waals surface area contributed by atoms with Crippen LogP contribution in [0.1, 0.15) is 34.8 Å². The van der Waals surface area contributed by atoms with Crippen molar-refractivity contribution in [2.75, 3.05) is 25.2 Å². The molecule has 6 heteroatoms. The van der Waals surface area contributed by atoms with Gasteiger partial charge in [-0.15, -0.1) is 0 Å². The number of aryl methyl sites for hydroxylation is 1. The van der Waals surface area contributed by atoms with E-state index in [1.54, 1.807) is 7.11 Å². The highest BCUT2D eigenvalue weighted by Gasteiger charge is 2.64. The second kappa shape index (κ2) is 8.27. The van der Waals surface area contributed by atoms with Gasteiger partial charge in [0.2, 0.25) is 11.8 Å². The Balaban J connectivity index is 1.61. The summed E-state index contributed by atoms with van der Waals surface area (Å²) in [4.78, 5) is 44.4. The van der Waals surface area contributed by atoms with Gasteiger partial charge in [0.1, 0.15) is 6.04 Å². The van der Waals surface area contributed by atoms with E-state index in [1.807, 2.05) is 67.3 Å². The van der Waals surface area contributed by atoms with Gasteiger partial charge in [-0.1, -0.05) is 54.1 Å². The first-order valence-corrected chi connectivity index (χ1v) is 11.4. The van der Waals surface area contributed by atoms with Gasteiger partial charge in [0.15, 0.2) is 5.78 Å². The lowest BCUT2D eigenvalue weighted by Gasteiger charge is -2.38. The number of ether oxygens (including phenoxy) is 1. The molecule has 0 saturated carbocycles. The van der Waals surface area contributed by atoms with E-state index in [9.17, 15) is 14.4 Å². The molecule has 6 nitrogen and oxygen atoms in total. The highest BCUT2D eigenvalue weighted by Crippen LogP contribution is 2.50. The number of allylic oxidation sites excluding steroid dienone is 1. The Kier molecular flexibility index (Phi) is 5.41. The van der Waals surface area contributed by atoms with Gasteiger partial charge in [0.05, 0.1) is 17.9 Å². The summed E-state index contributed by atoms with van der Waals surface area (Å²) in [5.41, 5.74) is 4.63. The number of benzene rings is 2. The summed E-state index contributed by atoms with van der Waals surface area (Å²) >= 11 is 0. The fourth-order valence-corrected chi connectivity index (χ4v) is 5.64. The molecule has 0 radical (unpaired) electrons. The van der Waals surface area contributed by atoms with Gasteiger partial charge in [-0.05, 0) is 31.9 Å². The average molecular weight is 445 g/mol. The van der Waals surface area contributed by atoms with Gasteiger partial charge in [-0.3, -0.25) is 19.3 Å². The zero-order chi connectivity index (χ0) is 23.3. The van der Waals surface area contributed by atoms with Crippen LogP contribution in [0.4, 0.5) is 5.69 Å². The molecule has 4 atom stereocenters. The number of hydrogen-bond acceptors (Lipinski definition) is 5. The Labute approximate surface area is 193 Å². The molecule has 2 amide bonds. The smallest absolute Gasteiger partial charge is 0.235 e. The average Bonchev–Trinajstić information content (AvgIpc) is 3.28. The third-order valence-electron chi connectivity index (χ3n) is 7.18. The monoisotopic (exact) mass is 444 g/mol. The first-order valence-electron chi connectivity index (χ1n) is 11.4. The number of carbonyl (C=O) groups excluding carboxylic acids is 3. The Bertz CT molecular complexity index is 1150. The Hall–Kier alpha value is -3.25. The molecule has 2 aromatic rings. The van der Waals surface area contributed by atoms with E-state index in [1.165, 1.54) is 4.90 Å². The minimum absolute atomic E-state index is 0.116. The molecular formula is C27H28N2O4. The number of rotatable bonds is 6. The molecule has 170 valence electrons. The largest absolute Gasteiger partial charge is 0.385 e. The first-order chi connectivity index (χ1) is 15.9. The summed E-state index contributed by atoms with van der Waals surface area (Å²) < 4.78 is 5.11. The number of imide groups is 1. The van der Waals surface area contributed by atoms with Gasteiger partial charge >= 0.3 is 0 Å². The molecule has 0 aliphatic carbocycles. The van der Waals surface area contributed by atoms with E-state index in [2.05, 4.69) is 6.08 Å². The number of amides is 2. The first kappa shape index (κ1) is 21.6. The second-order valence-corrected chi connectivity index (χ2v) is 9.17. The summed E-state index contributed by atoms with van der Waals surface area (Å²) in [6, 6.07) is 14.3. The number of Topliss-reactive ketones (excluding diaryl/α,β-unsaturated/α-hetero) is 1. The highest BCUT2D eigenvalue weighted by atomic mass is 16.5. The number of fused-ring (bicyclic) bond motifs is 5. The Morgan fingerprint density at radius 2 is 1.67 bits per heavy atom. The number of likely N-dealkylation sites (tertiary alicyclic amines) is 1. The van der Waals surface area contributed by atoms with Crippen LogP contribution < -0.4 is 4.90 Å². The molecule has 0 bridgehead atoms. The molecular weight excluding hydrogens is 416 g/mol. The van der Waals surface area contributed by atoms with Crippen molar-refractivity contribution < 1.29 is 19.1 Å². The maximum absolute atomic E-state index is 13.9. The van der Waals surface area contributed by atoms with E-state index < -0.39 is 17.9 Å². The van der Waals surface area contributed by atoms with E-state index in [0.717, 1.165) is 22.4 Å². The van der Waals surface area contributed by atoms with Crippen LogP contribution in [-0.2, 0) is 14.3 Å². The van der Waals surface area contributed by atoms with Crippen LogP contribution in [0.15, 0.2) is 54.6 Å². The van der Waals surface area contributed by atoms with E-state index in [4.69, 9.17) is 4.74 Å². The van der Waals surface area contributed by atoms with Crippen LogP contribution in [0.3, 0.4) is 0 Å². The minimum atomic E-state index is -0.725. The topological polar surface area (TPSA) is 66.9 Å². The summed E-state index contributed by atoms with van der Waals surface area (Å²) in [5.74, 6) is -1.81. The van der Waals surface area contributed by atoms with Crippen LogP contribution in [0.25, 0.3) is 5.57 Å². The predicted octanol–water partition coefficient (Wildman–Crippen LogP) is 3.49. The van der Waals surface area contributed by atoms with Crippen LogP contribution in [-0.4, -0.2) is 54.8 Å². The summed E-state index contributed by atoms with van der Waals surface area (Å²) in [5, 5.41) is 0. The number of ketones is 1. The molecule has 0 unspecified atom stereocenters. The number of anilines is 1. The summed E-state index contributed by atoms with van der Waals surface area (Å²) in [6.07, 6.45) is 2.64. The Morgan fingerprint density at radius 3 is 2.39 bits per heavy atom. The lowest BCUT2D eigenvalue weighted by atomic mass is 9.85. The molecule has 33 heavy (non-hydrogen) atoms. The van der Waals surface area contributed by atoms with Crippen molar-refractivity contribution >= 4 is 28.9 Å². The maximum Gasteiger partial charge on any atom is 0.235 e. The van der Waals surface area contributed by atoms with Crippen molar-refractivity contribution in [3.8, 4) is 0 Å². The van der Waals surface area contributed by atoms with Gasteiger partial charge < -0.3 is 9.64 Å². The summed E-state index contributed by atoms with van der Waals surface area (Å²) in [6.45, 7) is 4.79. The quantitative estimate of drug-likeness (QED) is 0.388. The van der Waals surface area contributed by atoms with Crippen molar-refractivity contribution in [1.29, 1.82) is 0 Å². The fourth-order valence-electron chi connectivity index (χ4n) is 5.64. The molecule has 3 aliphatic heterocycles. The van der Waals surface area contributed by atoms with Crippen molar-refractivity contribution in [2.45, 2.75) is 32.4 Å². The lowest BCUT2D eigenvalue weighted by Crippen LogP contribution is -2.49. The van der Waals surface area contributed by atoms with Gasteiger partial charge in [-0.25, -0.2) is 0 Å². The highest BCUT2D eigenvalue weighted by molar-refractivity contribution is 6.14. The van der Waals surface area contributed by atoms with E-state index in [0.29, 0.717) is 25.1 Å². The van der Waals surface area contributed by atoms with Gasteiger partial charge in [0, 0.05) is 37.1 Å². The fraction of sp³-hybridized carbons (Fsp3) is 0.370. The van der Waals surface area contributed by atoms with Crippen LogP contribution >= 0.6 is 0 Å². The number of para-hydroxylation sites is 1. The second-order valence-electron chi connectivity index (χ2n) is 9.17. The molecule has 5 rings (SSSR count). The molecule has 2 fully saturated rings. The maximum atomic E-state index is 13.9. The third kappa shape index (κ3) is 3.32. The predicted molar refractivity (Wildman–Crippen MR) is 126 cm³/mol. The van der Waals surface area contributed by atoms with Crippen LogP contribution in [0, 0.1) is 18.8 Å². The molecule has 0 spiro atoms. The molecule has 2 aromatic carbocycles. The van der Waals surface area contributed by atoms with E-state index >= 15 is 0 Å². The molecule has 3 heterocycles. The molecule has 3 aliphatic rings. The Morgan fingerprint density at radius 1 is 0.970 bits per heavy atom. The minimum Gasteiger partial charge on any atom is -0.385 e. The number of hydrogen-bond donors (Lipinski definition) is 0. The summed E-state index contributed by atoms with van der Waals surface area (Å²) in [7, 11) is 1.60. The lowest BCUT2D eigenvalue weighted by molar-refractivity contribution is -0.140. The third-order valence-corrected chi connectivity index (χ3v) is 7.18. The van der Waals surface area contributed by atoms with Crippen molar-refractivity contribution in [3.63, 3.8) is 0 Å². The number of carbonyl (C=O) groups is 3. The zero-order valence-electron chi connectivity index (χ0n) is 19.2. The van der Waals surface area contributed by atoms with Crippen molar-refractivity contribution in [2.24, 2.45) is 11.8 Å². The van der Waals surface area contributed by atoms with Gasteiger partial charge in [0.25, 0.3) is 0 Å². The molecule has 2 saturated heterocycles. The van der Waals surface area contributed by atoms with Crippen LogP contribution in [0.2, 0.25) is 0 Å².